The SMILES string of the molecule is CCN(CC)CC1CCN1c1ccccc1S(=O)(=O)Cc1ccc(-c2ccoc2)c(OC)c1C(=O)OC. The minimum atomic E-state index is -3.82. The lowest BCUT2D eigenvalue weighted by Gasteiger charge is -2.45. The van der Waals surface area contributed by atoms with E-state index >= 15 is 0 Å². The van der Waals surface area contributed by atoms with E-state index in [2.05, 4.69) is 23.6 Å². The number of likely N-dealkylation sites (N-methyl/N-ethyl adjacent to an activating group) is 1. The Kier molecular flexibility index (Phi) is 8.24. The molecule has 0 bridgehead atoms. The maximum atomic E-state index is 13.8. The molecule has 8 nitrogen and oxygen atoms in total. The number of sulfone groups is 1. The van der Waals surface area contributed by atoms with Gasteiger partial charge in [-0.05, 0) is 43.3 Å². The molecule has 1 aliphatic rings. The zero-order valence-corrected chi connectivity index (χ0v) is 22.6. The summed E-state index contributed by atoms with van der Waals surface area (Å²) in [6.45, 7) is 7.87. The predicted octanol–water partition coefficient (Wildman–Crippen LogP) is 4.64. The summed E-state index contributed by atoms with van der Waals surface area (Å²) in [5.41, 5.74) is 2.42. The highest BCUT2D eigenvalue weighted by Crippen LogP contribution is 2.39. The Bertz CT molecular complexity index is 1330. The number of anilines is 1. The lowest BCUT2D eigenvalue weighted by molar-refractivity contribution is 0.0596. The van der Waals surface area contributed by atoms with E-state index in [0.29, 0.717) is 22.4 Å². The Hall–Kier alpha value is -3.30. The second-order valence-electron chi connectivity index (χ2n) is 9.03. The third-order valence-electron chi connectivity index (χ3n) is 7.03. The number of methoxy groups -OCH3 is 2. The van der Waals surface area contributed by atoms with Gasteiger partial charge in [0.05, 0.1) is 43.1 Å². The van der Waals surface area contributed by atoms with Crippen LogP contribution in [0.4, 0.5) is 5.69 Å². The van der Waals surface area contributed by atoms with Crippen molar-refractivity contribution in [3.63, 3.8) is 0 Å². The summed E-state index contributed by atoms with van der Waals surface area (Å²) >= 11 is 0. The van der Waals surface area contributed by atoms with Crippen LogP contribution in [0.15, 0.2) is 64.3 Å². The molecule has 0 spiro atoms. The average Bonchev–Trinajstić information content (AvgIpc) is 3.42. The van der Waals surface area contributed by atoms with E-state index in [4.69, 9.17) is 13.9 Å². The number of rotatable bonds is 11. The molecule has 1 aromatic heterocycles. The van der Waals surface area contributed by atoms with Crippen molar-refractivity contribution in [3.05, 3.63) is 66.1 Å². The van der Waals surface area contributed by atoms with Crippen molar-refractivity contribution in [2.75, 3.05) is 45.3 Å². The Labute approximate surface area is 218 Å². The molecular formula is C28H34N2O6S. The van der Waals surface area contributed by atoms with Crippen LogP contribution in [0.5, 0.6) is 5.75 Å². The molecule has 0 N–H and O–H groups in total. The maximum Gasteiger partial charge on any atom is 0.341 e. The molecule has 0 amide bonds. The minimum Gasteiger partial charge on any atom is -0.495 e. The van der Waals surface area contributed by atoms with Crippen LogP contribution in [0, 0.1) is 0 Å². The molecule has 0 saturated carbocycles. The zero-order chi connectivity index (χ0) is 26.6. The molecule has 0 aliphatic carbocycles. The second-order valence-corrected chi connectivity index (χ2v) is 11.0. The topological polar surface area (TPSA) is 89.3 Å². The van der Waals surface area contributed by atoms with Gasteiger partial charge in [-0.15, -0.1) is 0 Å². The first-order valence-corrected chi connectivity index (χ1v) is 14.1. The van der Waals surface area contributed by atoms with E-state index in [1.165, 1.54) is 26.7 Å². The normalized spacial score (nSPS) is 15.5. The van der Waals surface area contributed by atoms with Gasteiger partial charge in [-0.3, -0.25) is 0 Å². The molecule has 9 heteroatoms. The highest BCUT2D eigenvalue weighted by atomic mass is 32.2. The van der Waals surface area contributed by atoms with E-state index in [-0.39, 0.29) is 28.0 Å². The van der Waals surface area contributed by atoms with Crippen LogP contribution in [-0.2, 0) is 20.3 Å². The van der Waals surface area contributed by atoms with E-state index in [0.717, 1.165) is 32.6 Å². The third-order valence-corrected chi connectivity index (χ3v) is 8.74. The maximum absolute atomic E-state index is 13.8. The lowest BCUT2D eigenvalue weighted by Crippen LogP contribution is -2.54. The number of para-hydroxylation sites is 1. The van der Waals surface area contributed by atoms with Crippen molar-refractivity contribution in [2.24, 2.45) is 0 Å². The van der Waals surface area contributed by atoms with Gasteiger partial charge in [-0.25, -0.2) is 13.2 Å². The number of esters is 1. The Morgan fingerprint density at radius 3 is 2.46 bits per heavy atom. The van der Waals surface area contributed by atoms with Crippen molar-refractivity contribution in [1.29, 1.82) is 0 Å². The van der Waals surface area contributed by atoms with Gasteiger partial charge in [0.1, 0.15) is 11.3 Å². The van der Waals surface area contributed by atoms with Crippen LogP contribution in [0.2, 0.25) is 0 Å². The third kappa shape index (κ3) is 5.38. The number of ether oxygens (including phenoxy) is 2. The first-order valence-electron chi connectivity index (χ1n) is 12.5. The number of hydrogen-bond acceptors (Lipinski definition) is 8. The number of carbonyl (C=O) groups excluding carboxylic acids is 1. The highest BCUT2D eigenvalue weighted by molar-refractivity contribution is 7.90. The molecule has 2 heterocycles. The van der Waals surface area contributed by atoms with Crippen molar-refractivity contribution in [1.82, 2.24) is 4.90 Å². The summed E-state index contributed by atoms with van der Waals surface area (Å²) in [7, 11) is -1.11. The van der Waals surface area contributed by atoms with E-state index < -0.39 is 15.8 Å². The summed E-state index contributed by atoms with van der Waals surface area (Å²) in [4.78, 5) is 17.6. The number of furan rings is 1. The Morgan fingerprint density at radius 1 is 1.11 bits per heavy atom. The molecule has 1 unspecified atom stereocenters. The molecule has 2 aromatic carbocycles. The molecule has 1 atom stereocenters. The fraction of sp³-hybridized carbons (Fsp3) is 0.393. The highest BCUT2D eigenvalue weighted by Gasteiger charge is 2.34. The molecule has 3 aromatic rings. The first-order chi connectivity index (χ1) is 17.8. The standard InChI is InChI=1S/C28H34N2O6S/c1-5-29(6-2)17-22-13-15-30(22)24-9-7-8-10-25(24)37(32,33)19-21-11-12-23(20-14-16-36-18-20)27(34-3)26(21)28(31)35-4/h7-12,14,16,18,22H,5-6,13,15,17,19H2,1-4H3. The Balaban J connectivity index is 1.72. The summed E-state index contributed by atoms with van der Waals surface area (Å²) in [6, 6.07) is 12.5. The summed E-state index contributed by atoms with van der Waals surface area (Å²) in [5.74, 6) is -0.788. The van der Waals surface area contributed by atoms with E-state index in [9.17, 15) is 13.2 Å². The van der Waals surface area contributed by atoms with Gasteiger partial charge in [0.15, 0.2) is 9.84 Å². The lowest BCUT2D eigenvalue weighted by atomic mass is 9.99. The summed E-state index contributed by atoms with van der Waals surface area (Å²) in [6.07, 6.45) is 4.07. The zero-order valence-electron chi connectivity index (χ0n) is 21.8. The Morgan fingerprint density at radius 2 is 1.86 bits per heavy atom. The van der Waals surface area contributed by atoms with Crippen molar-refractivity contribution >= 4 is 21.5 Å². The fourth-order valence-corrected chi connectivity index (χ4v) is 6.49. The molecular weight excluding hydrogens is 492 g/mol. The van der Waals surface area contributed by atoms with E-state index in [1.807, 2.05) is 12.1 Å². The van der Waals surface area contributed by atoms with Crippen molar-refractivity contribution in [2.45, 2.75) is 37.0 Å². The molecule has 1 aliphatic heterocycles. The molecule has 198 valence electrons. The van der Waals surface area contributed by atoms with Crippen LogP contribution in [-0.4, -0.2) is 65.7 Å². The van der Waals surface area contributed by atoms with Gasteiger partial charge in [-0.1, -0.05) is 38.1 Å². The number of benzene rings is 2. The largest absolute Gasteiger partial charge is 0.495 e. The van der Waals surface area contributed by atoms with Crippen LogP contribution in [0.1, 0.15) is 36.2 Å². The molecule has 37 heavy (non-hydrogen) atoms. The second kappa shape index (κ2) is 11.4. The molecule has 1 saturated heterocycles. The van der Waals surface area contributed by atoms with Crippen molar-refractivity contribution < 1.29 is 27.1 Å². The summed E-state index contributed by atoms with van der Waals surface area (Å²) in [5, 5.41) is 0. The van der Waals surface area contributed by atoms with E-state index in [1.54, 1.807) is 30.3 Å². The number of carbonyl (C=O) groups is 1. The quantitative estimate of drug-likeness (QED) is 0.334. The molecule has 0 radical (unpaired) electrons. The smallest absolute Gasteiger partial charge is 0.341 e. The molecule has 1 fully saturated rings. The number of hydrogen-bond donors (Lipinski definition) is 0. The van der Waals surface area contributed by atoms with Gasteiger partial charge in [0, 0.05) is 30.3 Å². The predicted molar refractivity (Wildman–Crippen MR) is 143 cm³/mol. The van der Waals surface area contributed by atoms with Crippen molar-refractivity contribution in [3.8, 4) is 16.9 Å². The molecule has 4 rings (SSSR count). The minimum absolute atomic E-state index is 0.0908. The van der Waals surface area contributed by atoms with Crippen LogP contribution < -0.4 is 9.64 Å². The monoisotopic (exact) mass is 526 g/mol. The van der Waals surface area contributed by atoms with Crippen LogP contribution in [0.25, 0.3) is 11.1 Å². The van der Waals surface area contributed by atoms with Gasteiger partial charge < -0.3 is 23.7 Å². The van der Waals surface area contributed by atoms with Crippen LogP contribution in [0.3, 0.4) is 0 Å². The van der Waals surface area contributed by atoms with Gasteiger partial charge >= 0.3 is 5.97 Å². The van der Waals surface area contributed by atoms with Gasteiger partial charge in [0.25, 0.3) is 0 Å². The average molecular weight is 527 g/mol. The number of nitrogens with zero attached hydrogens (tertiary/aromatic N) is 2. The van der Waals surface area contributed by atoms with Gasteiger partial charge in [0.2, 0.25) is 0 Å². The fourth-order valence-electron chi connectivity index (χ4n) is 4.89. The van der Waals surface area contributed by atoms with Crippen LogP contribution >= 0.6 is 0 Å². The van der Waals surface area contributed by atoms with Gasteiger partial charge in [-0.2, -0.15) is 0 Å². The first kappa shape index (κ1) is 26.8. The summed E-state index contributed by atoms with van der Waals surface area (Å²) < 4.78 is 43.5.